The van der Waals surface area contributed by atoms with Crippen molar-refractivity contribution >= 4 is 23.6 Å². The fourth-order valence-electron chi connectivity index (χ4n) is 1.90. The molecule has 0 aliphatic carbocycles. The van der Waals surface area contributed by atoms with Crippen LogP contribution in [-0.4, -0.2) is 30.4 Å². The third kappa shape index (κ3) is 4.26. The summed E-state index contributed by atoms with van der Waals surface area (Å²) < 4.78 is 11.2. The molecule has 0 bridgehead atoms. The molecule has 0 spiro atoms. The minimum Gasteiger partial charge on any atom is -0.487 e. The van der Waals surface area contributed by atoms with Gasteiger partial charge in [0.05, 0.1) is 6.61 Å². The average molecular weight is 283 g/mol. The van der Waals surface area contributed by atoms with Gasteiger partial charge in [0.25, 0.3) is 0 Å². The summed E-state index contributed by atoms with van der Waals surface area (Å²) in [7, 11) is 0. The molecule has 0 radical (unpaired) electrons. The molecule has 1 unspecified atom stereocenters. The van der Waals surface area contributed by atoms with Gasteiger partial charge in [0.2, 0.25) is 0 Å². The van der Waals surface area contributed by atoms with E-state index in [0.717, 1.165) is 25.5 Å². The van der Waals surface area contributed by atoms with Gasteiger partial charge in [0.1, 0.15) is 11.9 Å². The van der Waals surface area contributed by atoms with Gasteiger partial charge in [0.15, 0.2) is 0 Å². The second-order valence-corrected chi connectivity index (χ2v) is 4.75. The van der Waals surface area contributed by atoms with E-state index in [1.54, 1.807) is 18.2 Å². The number of hydrogen-bond acceptors (Lipinski definition) is 3. The van der Waals surface area contributed by atoms with Crippen molar-refractivity contribution in [3.8, 4) is 5.75 Å². The van der Waals surface area contributed by atoms with Crippen molar-refractivity contribution in [3.63, 3.8) is 0 Å². The lowest BCUT2D eigenvalue weighted by Crippen LogP contribution is -2.28. The summed E-state index contributed by atoms with van der Waals surface area (Å²) in [6, 6.07) is 5.15. The molecule has 1 heterocycles. The van der Waals surface area contributed by atoms with Crippen LogP contribution in [0.3, 0.4) is 0 Å². The number of aliphatic carboxylic acids is 1. The molecule has 1 aromatic carbocycles. The molecule has 1 saturated heterocycles. The monoisotopic (exact) mass is 282 g/mol. The van der Waals surface area contributed by atoms with E-state index in [9.17, 15) is 4.79 Å². The second-order valence-electron chi connectivity index (χ2n) is 4.31. The maximum Gasteiger partial charge on any atom is 0.328 e. The third-order valence-corrected chi connectivity index (χ3v) is 3.02. The minimum atomic E-state index is -1.01. The van der Waals surface area contributed by atoms with E-state index >= 15 is 0 Å². The highest BCUT2D eigenvalue weighted by atomic mass is 35.5. The van der Waals surface area contributed by atoms with Crippen molar-refractivity contribution in [3.05, 3.63) is 34.9 Å². The van der Waals surface area contributed by atoms with Gasteiger partial charge in [-0.3, -0.25) is 0 Å². The molecule has 0 amide bonds. The van der Waals surface area contributed by atoms with E-state index in [1.807, 2.05) is 0 Å². The fourth-order valence-corrected chi connectivity index (χ4v) is 2.08. The summed E-state index contributed by atoms with van der Waals surface area (Å²) in [5.41, 5.74) is 0.653. The zero-order chi connectivity index (χ0) is 13.7. The number of rotatable bonds is 4. The van der Waals surface area contributed by atoms with Crippen LogP contribution >= 0.6 is 11.6 Å². The summed E-state index contributed by atoms with van der Waals surface area (Å²) in [6.45, 7) is 1.33. The van der Waals surface area contributed by atoms with Crippen molar-refractivity contribution in [2.24, 2.45) is 0 Å². The SMILES string of the molecule is O=C(O)/C=C/c1cc(Cl)ccc1OC1CCCOC1. The quantitative estimate of drug-likeness (QED) is 0.863. The van der Waals surface area contributed by atoms with Gasteiger partial charge >= 0.3 is 5.97 Å². The smallest absolute Gasteiger partial charge is 0.328 e. The molecule has 4 nitrogen and oxygen atoms in total. The van der Waals surface area contributed by atoms with E-state index in [-0.39, 0.29) is 6.10 Å². The highest BCUT2D eigenvalue weighted by molar-refractivity contribution is 6.30. The number of halogens is 1. The van der Waals surface area contributed by atoms with Gasteiger partial charge in [-0.1, -0.05) is 11.6 Å². The van der Waals surface area contributed by atoms with E-state index in [1.165, 1.54) is 6.08 Å². The first kappa shape index (κ1) is 13.9. The Hall–Kier alpha value is -1.52. The third-order valence-electron chi connectivity index (χ3n) is 2.79. The first-order chi connectivity index (χ1) is 9.15. The van der Waals surface area contributed by atoms with Crippen molar-refractivity contribution < 1.29 is 19.4 Å². The van der Waals surface area contributed by atoms with Gasteiger partial charge in [-0.25, -0.2) is 4.79 Å². The van der Waals surface area contributed by atoms with Crippen LogP contribution in [0.4, 0.5) is 0 Å². The molecule has 0 aromatic heterocycles. The van der Waals surface area contributed by atoms with Crippen LogP contribution < -0.4 is 4.74 Å². The van der Waals surface area contributed by atoms with Crippen LogP contribution in [0.5, 0.6) is 5.75 Å². The van der Waals surface area contributed by atoms with Gasteiger partial charge in [-0.05, 0) is 37.1 Å². The lowest BCUT2D eigenvalue weighted by molar-refractivity contribution is -0.131. The van der Waals surface area contributed by atoms with Gasteiger partial charge in [-0.15, -0.1) is 0 Å². The lowest BCUT2D eigenvalue weighted by atomic mass is 10.1. The zero-order valence-corrected chi connectivity index (χ0v) is 11.1. The Labute approximate surface area is 116 Å². The molecule has 19 heavy (non-hydrogen) atoms. The normalized spacial score (nSPS) is 19.5. The molecule has 1 aliphatic heterocycles. The van der Waals surface area contributed by atoms with Crippen LogP contribution in [0, 0.1) is 0 Å². The van der Waals surface area contributed by atoms with Crippen LogP contribution in [0.2, 0.25) is 5.02 Å². The molecule has 1 aliphatic rings. The molecule has 1 atom stereocenters. The highest BCUT2D eigenvalue weighted by Crippen LogP contribution is 2.26. The number of ether oxygens (including phenoxy) is 2. The Morgan fingerprint density at radius 1 is 1.53 bits per heavy atom. The molecule has 1 aromatic rings. The number of hydrogen-bond donors (Lipinski definition) is 1. The summed E-state index contributed by atoms with van der Waals surface area (Å²) >= 11 is 5.91. The van der Waals surface area contributed by atoms with Crippen molar-refractivity contribution in [1.29, 1.82) is 0 Å². The maximum absolute atomic E-state index is 10.6. The topological polar surface area (TPSA) is 55.8 Å². The first-order valence-electron chi connectivity index (χ1n) is 6.10. The highest BCUT2D eigenvalue weighted by Gasteiger charge is 2.16. The van der Waals surface area contributed by atoms with Gasteiger partial charge in [0, 0.05) is 23.3 Å². The summed E-state index contributed by atoms with van der Waals surface area (Å²) in [4.78, 5) is 10.6. The molecule has 1 N–H and O–H groups in total. The Morgan fingerprint density at radius 2 is 2.37 bits per heavy atom. The van der Waals surface area contributed by atoms with Gasteiger partial charge < -0.3 is 14.6 Å². The number of carboxylic acids is 1. The number of carboxylic acid groups (broad SMARTS) is 1. The summed E-state index contributed by atoms with van der Waals surface area (Å²) in [5, 5.41) is 9.21. The Balaban J connectivity index is 2.15. The largest absolute Gasteiger partial charge is 0.487 e. The van der Waals surface area contributed by atoms with E-state index < -0.39 is 5.97 Å². The average Bonchev–Trinajstić information content (AvgIpc) is 2.40. The fraction of sp³-hybridized carbons (Fsp3) is 0.357. The molecule has 0 saturated carbocycles. The Bertz CT molecular complexity index is 478. The van der Waals surface area contributed by atoms with Crippen LogP contribution in [0.1, 0.15) is 18.4 Å². The summed E-state index contributed by atoms with van der Waals surface area (Å²) in [6.07, 6.45) is 4.46. The molecular weight excluding hydrogens is 268 g/mol. The van der Waals surface area contributed by atoms with E-state index in [2.05, 4.69) is 0 Å². The number of carbonyl (C=O) groups is 1. The van der Waals surface area contributed by atoms with E-state index in [4.69, 9.17) is 26.2 Å². The molecular formula is C14H15ClO4. The predicted octanol–water partition coefficient (Wildman–Crippen LogP) is 3.00. The second kappa shape index (κ2) is 6.59. The Morgan fingerprint density at radius 3 is 3.05 bits per heavy atom. The van der Waals surface area contributed by atoms with Crippen molar-refractivity contribution in [1.82, 2.24) is 0 Å². The van der Waals surface area contributed by atoms with Crippen molar-refractivity contribution in [2.75, 3.05) is 13.2 Å². The standard InChI is InChI=1S/C14H15ClO4/c15-11-4-5-13(10(8-11)3-6-14(16)17)19-12-2-1-7-18-9-12/h3-6,8,12H,1-2,7,9H2,(H,16,17)/b6-3+. The van der Waals surface area contributed by atoms with Crippen LogP contribution in [-0.2, 0) is 9.53 Å². The van der Waals surface area contributed by atoms with Gasteiger partial charge in [-0.2, -0.15) is 0 Å². The van der Waals surface area contributed by atoms with Crippen molar-refractivity contribution in [2.45, 2.75) is 18.9 Å². The number of benzene rings is 1. The molecule has 5 heteroatoms. The van der Waals surface area contributed by atoms with Crippen LogP contribution in [0.15, 0.2) is 24.3 Å². The Kier molecular flexibility index (Phi) is 4.82. The predicted molar refractivity (Wildman–Crippen MR) is 72.6 cm³/mol. The summed E-state index contributed by atoms with van der Waals surface area (Å²) in [5.74, 6) is -0.385. The molecule has 2 rings (SSSR count). The maximum atomic E-state index is 10.6. The molecule has 102 valence electrons. The molecule has 1 fully saturated rings. The minimum absolute atomic E-state index is 0.00639. The first-order valence-corrected chi connectivity index (χ1v) is 6.48. The lowest BCUT2D eigenvalue weighted by Gasteiger charge is -2.24. The van der Waals surface area contributed by atoms with E-state index in [0.29, 0.717) is 22.9 Å². The zero-order valence-electron chi connectivity index (χ0n) is 10.3. The van der Waals surface area contributed by atoms with Crippen LogP contribution in [0.25, 0.3) is 6.08 Å².